The van der Waals surface area contributed by atoms with Crippen molar-refractivity contribution in [1.82, 2.24) is 4.57 Å². The second-order valence-electron chi connectivity index (χ2n) is 4.51. The second kappa shape index (κ2) is 5.52. The summed E-state index contributed by atoms with van der Waals surface area (Å²) >= 11 is 0. The molecule has 0 spiro atoms. The highest BCUT2D eigenvalue weighted by Gasteiger charge is 2.06. The van der Waals surface area contributed by atoms with Gasteiger partial charge in [-0.15, -0.1) is 0 Å². The van der Waals surface area contributed by atoms with Gasteiger partial charge in [0.05, 0.1) is 0 Å². The second-order valence-corrected chi connectivity index (χ2v) is 4.51. The molecule has 0 radical (unpaired) electrons. The van der Waals surface area contributed by atoms with E-state index in [2.05, 4.69) is 5.32 Å². The molecule has 2 rings (SSSR count). The molecule has 0 unspecified atom stereocenters. The highest BCUT2D eigenvalue weighted by atomic mass is 16.2. The van der Waals surface area contributed by atoms with Crippen molar-refractivity contribution in [3.05, 3.63) is 64.1 Å². The van der Waals surface area contributed by atoms with Gasteiger partial charge < -0.3 is 9.88 Å². The van der Waals surface area contributed by atoms with Crippen molar-refractivity contribution in [2.45, 2.75) is 20.4 Å². The van der Waals surface area contributed by atoms with Crippen molar-refractivity contribution in [1.29, 1.82) is 0 Å². The Bertz CT molecular complexity index is 642. The normalized spacial score (nSPS) is 10.2. The lowest BCUT2D eigenvalue weighted by molar-refractivity contribution is -0.116. The Morgan fingerprint density at radius 3 is 2.42 bits per heavy atom. The molecule has 1 amide bonds. The molecular weight excluding hydrogens is 240 g/mol. The number of carbonyl (C=O) groups is 1. The fourth-order valence-corrected chi connectivity index (χ4v) is 1.81. The van der Waals surface area contributed by atoms with Crippen molar-refractivity contribution >= 4 is 11.6 Å². The first-order valence-electron chi connectivity index (χ1n) is 6.09. The topological polar surface area (TPSA) is 51.1 Å². The Labute approximate surface area is 111 Å². The summed E-state index contributed by atoms with van der Waals surface area (Å²) in [4.78, 5) is 23.6. The van der Waals surface area contributed by atoms with Crippen LogP contribution in [0.2, 0.25) is 0 Å². The zero-order valence-corrected chi connectivity index (χ0v) is 11.0. The molecule has 98 valence electrons. The van der Waals surface area contributed by atoms with Crippen molar-refractivity contribution in [2.75, 3.05) is 5.32 Å². The third-order valence-corrected chi connectivity index (χ3v) is 2.91. The summed E-state index contributed by atoms with van der Waals surface area (Å²) in [6.45, 7) is 3.82. The number of anilines is 1. The van der Waals surface area contributed by atoms with E-state index in [1.54, 1.807) is 19.1 Å². The van der Waals surface area contributed by atoms with Crippen LogP contribution in [0.5, 0.6) is 0 Å². The predicted molar refractivity (Wildman–Crippen MR) is 75.2 cm³/mol. The molecule has 0 aliphatic carbocycles. The van der Waals surface area contributed by atoms with Gasteiger partial charge >= 0.3 is 0 Å². The first kappa shape index (κ1) is 13.1. The number of aryl methyl sites for hydroxylation is 2. The number of nitrogens with one attached hydrogen (secondary N) is 1. The minimum atomic E-state index is -0.208. The number of hydrogen-bond acceptors (Lipinski definition) is 2. The van der Waals surface area contributed by atoms with Gasteiger partial charge in [0.25, 0.3) is 5.56 Å². The van der Waals surface area contributed by atoms with Gasteiger partial charge in [0.2, 0.25) is 5.91 Å². The summed E-state index contributed by atoms with van der Waals surface area (Å²) in [5.74, 6) is -0.208. The van der Waals surface area contributed by atoms with Gasteiger partial charge in [0.15, 0.2) is 0 Å². The van der Waals surface area contributed by atoms with Crippen LogP contribution in [0.1, 0.15) is 11.3 Å². The predicted octanol–water partition coefficient (Wildman–Crippen LogP) is 2.10. The molecule has 0 bridgehead atoms. The van der Waals surface area contributed by atoms with Crippen LogP contribution in [0.4, 0.5) is 5.69 Å². The Morgan fingerprint density at radius 1 is 1.11 bits per heavy atom. The zero-order valence-electron chi connectivity index (χ0n) is 11.0. The van der Waals surface area contributed by atoms with Crippen LogP contribution in [0.15, 0.2) is 47.3 Å². The van der Waals surface area contributed by atoms with Gasteiger partial charge in [-0.25, -0.2) is 0 Å². The molecule has 0 fully saturated rings. The number of aromatic nitrogens is 1. The fraction of sp³-hybridized carbons (Fsp3) is 0.200. The molecule has 1 aromatic carbocycles. The van der Waals surface area contributed by atoms with Crippen LogP contribution in [-0.2, 0) is 11.3 Å². The molecule has 0 aliphatic heterocycles. The zero-order chi connectivity index (χ0) is 13.8. The van der Waals surface area contributed by atoms with E-state index in [1.165, 1.54) is 10.6 Å². The number of amides is 1. The SMILES string of the molecule is Cc1ccc(NC(=O)Cn2c(C)cccc2=O)cc1. The summed E-state index contributed by atoms with van der Waals surface area (Å²) in [6.07, 6.45) is 0. The molecule has 19 heavy (non-hydrogen) atoms. The smallest absolute Gasteiger partial charge is 0.251 e. The summed E-state index contributed by atoms with van der Waals surface area (Å²) < 4.78 is 1.45. The summed E-state index contributed by atoms with van der Waals surface area (Å²) in [6, 6.07) is 12.5. The summed E-state index contributed by atoms with van der Waals surface area (Å²) in [5.41, 5.74) is 2.47. The first-order valence-corrected chi connectivity index (χ1v) is 6.09. The largest absolute Gasteiger partial charge is 0.325 e. The van der Waals surface area contributed by atoms with Crippen molar-refractivity contribution in [3.8, 4) is 0 Å². The molecule has 0 aliphatic rings. The maximum Gasteiger partial charge on any atom is 0.251 e. The van der Waals surface area contributed by atoms with Crippen molar-refractivity contribution < 1.29 is 4.79 Å². The van der Waals surface area contributed by atoms with Crippen molar-refractivity contribution in [2.24, 2.45) is 0 Å². The molecular formula is C15H16N2O2. The van der Waals surface area contributed by atoms with Gasteiger partial charge in [0.1, 0.15) is 6.54 Å². The number of rotatable bonds is 3. The maximum absolute atomic E-state index is 11.9. The van der Waals surface area contributed by atoms with Gasteiger partial charge in [-0.2, -0.15) is 0 Å². The third-order valence-electron chi connectivity index (χ3n) is 2.91. The number of carbonyl (C=O) groups excluding carboxylic acids is 1. The van der Waals surface area contributed by atoms with Crippen LogP contribution < -0.4 is 10.9 Å². The Hall–Kier alpha value is -2.36. The summed E-state index contributed by atoms with van der Waals surface area (Å²) in [5, 5.41) is 2.77. The van der Waals surface area contributed by atoms with Gasteiger partial charge in [-0.3, -0.25) is 9.59 Å². The maximum atomic E-state index is 11.9. The minimum absolute atomic E-state index is 0.0272. The van der Waals surface area contributed by atoms with E-state index in [4.69, 9.17) is 0 Å². The number of nitrogens with zero attached hydrogens (tertiary/aromatic N) is 1. The van der Waals surface area contributed by atoms with E-state index in [9.17, 15) is 9.59 Å². The van der Waals surface area contributed by atoms with Crippen LogP contribution in [0, 0.1) is 13.8 Å². The highest BCUT2D eigenvalue weighted by molar-refractivity contribution is 5.90. The van der Waals surface area contributed by atoms with E-state index in [0.717, 1.165) is 16.9 Å². The van der Waals surface area contributed by atoms with Gasteiger partial charge in [-0.05, 0) is 32.0 Å². The van der Waals surface area contributed by atoms with Gasteiger partial charge in [0, 0.05) is 17.4 Å². The molecule has 2 aromatic rings. The lowest BCUT2D eigenvalue weighted by Crippen LogP contribution is -2.28. The Kier molecular flexibility index (Phi) is 3.80. The van der Waals surface area contributed by atoms with E-state index in [0.29, 0.717) is 0 Å². The lowest BCUT2D eigenvalue weighted by atomic mass is 10.2. The average molecular weight is 256 g/mol. The Morgan fingerprint density at radius 2 is 1.79 bits per heavy atom. The Balaban J connectivity index is 2.10. The monoisotopic (exact) mass is 256 g/mol. The quantitative estimate of drug-likeness (QED) is 0.914. The third kappa shape index (κ3) is 3.31. The van der Waals surface area contributed by atoms with Crippen LogP contribution in [0.3, 0.4) is 0 Å². The molecule has 0 atom stereocenters. The standard InChI is InChI=1S/C15H16N2O2/c1-11-6-8-13(9-7-11)16-14(18)10-17-12(2)4-3-5-15(17)19/h3-9H,10H2,1-2H3,(H,16,18). The van der Waals surface area contributed by atoms with Gasteiger partial charge in [-0.1, -0.05) is 23.8 Å². The molecule has 0 saturated carbocycles. The molecule has 4 heteroatoms. The minimum Gasteiger partial charge on any atom is -0.325 e. The van der Waals surface area contributed by atoms with E-state index in [1.807, 2.05) is 31.2 Å². The van der Waals surface area contributed by atoms with E-state index in [-0.39, 0.29) is 18.0 Å². The van der Waals surface area contributed by atoms with E-state index < -0.39 is 0 Å². The molecule has 1 N–H and O–H groups in total. The van der Waals surface area contributed by atoms with E-state index >= 15 is 0 Å². The van der Waals surface area contributed by atoms with Crippen molar-refractivity contribution in [3.63, 3.8) is 0 Å². The highest BCUT2D eigenvalue weighted by Crippen LogP contribution is 2.08. The molecule has 1 aromatic heterocycles. The van der Waals surface area contributed by atoms with Crippen LogP contribution in [0.25, 0.3) is 0 Å². The number of pyridine rings is 1. The first-order chi connectivity index (χ1) is 9.06. The number of hydrogen-bond donors (Lipinski definition) is 1. The summed E-state index contributed by atoms with van der Waals surface area (Å²) in [7, 11) is 0. The molecule has 0 saturated heterocycles. The van der Waals surface area contributed by atoms with Crippen LogP contribution in [-0.4, -0.2) is 10.5 Å². The average Bonchev–Trinajstić information content (AvgIpc) is 2.37. The fourth-order valence-electron chi connectivity index (χ4n) is 1.81. The lowest BCUT2D eigenvalue weighted by Gasteiger charge is -2.10. The van der Waals surface area contributed by atoms with Crippen LogP contribution >= 0.6 is 0 Å². The molecule has 4 nitrogen and oxygen atoms in total. The molecule has 1 heterocycles. The number of benzene rings is 1.